The number of nitrogens with zero attached hydrogens (tertiary/aromatic N) is 3. The zero-order valence-corrected chi connectivity index (χ0v) is 17.2. The van der Waals surface area contributed by atoms with E-state index in [9.17, 15) is 9.59 Å². The summed E-state index contributed by atoms with van der Waals surface area (Å²) >= 11 is 1.43. The first-order valence-corrected chi connectivity index (χ1v) is 10.2. The van der Waals surface area contributed by atoms with Crippen molar-refractivity contribution in [3.05, 3.63) is 65.7 Å². The summed E-state index contributed by atoms with van der Waals surface area (Å²) in [7, 11) is 1.90. The standard InChI is InChI=1S/C21H23N5O2S/c1-15-7-6-10-17(13-15)19-24-25-21(26(19)2)29-12-11-18(27)23-20(28)22-14-16-8-4-3-5-9-16/h3-10,13H,11-12,14H2,1-2H3,(H2,22,23,27,28). The zero-order valence-electron chi connectivity index (χ0n) is 16.4. The van der Waals surface area contributed by atoms with E-state index in [1.54, 1.807) is 0 Å². The van der Waals surface area contributed by atoms with E-state index in [-0.39, 0.29) is 12.3 Å². The van der Waals surface area contributed by atoms with Gasteiger partial charge in [0, 0.05) is 31.3 Å². The molecule has 3 amide bonds. The molecule has 7 nitrogen and oxygen atoms in total. The molecule has 3 aromatic rings. The van der Waals surface area contributed by atoms with Gasteiger partial charge in [0.15, 0.2) is 11.0 Å². The molecule has 0 radical (unpaired) electrons. The van der Waals surface area contributed by atoms with Crippen LogP contribution < -0.4 is 10.6 Å². The van der Waals surface area contributed by atoms with Gasteiger partial charge in [-0.3, -0.25) is 10.1 Å². The van der Waals surface area contributed by atoms with Gasteiger partial charge in [-0.2, -0.15) is 0 Å². The maximum atomic E-state index is 12.0. The van der Waals surface area contributed by atoms with Gasteiger partial charge in [-0.05, 0) is 18.6 Å². The van der Waals surface area contributed by atoms with Crippen LogP contribution in [0.2, 0.25) is 0 Å². The Balaban J connectivity index is 1.44. The second-order valence-corrected chi connectivity index (χ2v) is 7.61. The van der Waals surface area contributed by atoms with Gasteiger partial charge in [0.25, 0.3) is 0 Å². The maximum Gasteiger partial charge on any atom is 0.321 e. The molecule has 0 spiro atoms. The van der Waals surface area contributed by atoms with Gasteiger partial charge in [-0.15, -0.1) is 10.2 Å². The molecular formula is C21H23N5O2S. The first-order chi connectivity index (χ1) is 14.0. The summed E-state index contributed by atoms with van der Waals surface area (Å²) < 4.78 is 1.91. The van der Waals surface area contributed by atoms with E-state index in [1.165, 1.54) is 11.8 Å². The first-order valence-electron chi connectivity index (χ1n) is 9.24. The van der Waals surface area contributed by atoms with E-state index < -0.39 is 6.03 Å². The van der Waals surface area contributed by atoms with Crippen molar-refractivity contribution < 1.29 is 9.59 Å². The summed E-state index contributed by atoms with van der Waals surface area (Å²) in [6, 6.07) is 17.1. The van der Waals surface area contributed by atoms with Crippen LogP contribution in [0.4, 0.5) is 4.79 Å². The molecule has 2 aromatic carbocycles. The molecule has 2 N–H and O–H groups in total. The van der Waals surface area contributed by atoms with Crippen molar-refractivity contribution in [1.29, 1.82) is 0 Å². The third-order valence-electron chi connectivity index (χ3n) is 4.22. The van der Waals surface area contributed by atoms with Crippen molar-refractivity contribution in [2.45, 2.75) is 25.0 Å². The number of aryl methyl sites for hydroxylation is 1. The van der Waals surface area contributed by atoms with E-state index in [0.29, 0.717) is 12.3 Å². The molecule has 150 valence electrons. The minimum absolute atomic E-state index is 0.204. The number of aromatic nitrogens is 3. The highest BCUT2D eigenvalue weighted by atomic mass is 32.2. The van der Waals surface area contributed by atoms with Crippen molar-refractivity contribution in [3.63, 3.8) is 0 Å². The summed E-state index contributed by atoms with van der Waals surface area (Å²) in [5, 5.41) is 14.2. The number of rotatable bonds is 7. The van der Waals surface area contributed by atoms with Crippen molar-refractivity contribution in [2.24, 2.45) is 7.05 Å². The fourth-order valence-electron chi connectivity index (χ4n) is 2.72. The lowest BCUT2D eigenvalue weighted by Crippen LogP contribution is -2.39. The van der Waals surface area contributed by atoms with Crippen LogP contribution in [0, 0.1) is 6.92 Å². The second kappa shape index (κ2) is 9.88. The zero-order chi connectivity index (χ0) is 20.6. The Morgan fingerprint density at radius 3 is 2.62 bits per heavy atom. The average Bonchev–Trinajstić information content (AvgIpc) is 3.08. The van der Waals surface area contributed by atoms with Gasteiger partial charge >= 0.3 is 6.03 Å². The molecule has 0 saturated heterocycles. The largest absolute Gasteiger partial charge is 0.334 e. The van der Waals surface area contributed by atoms with Crippen LogP contribution in [0.3, 0.4) is 0 Å². The van der Waals surface area contributed by atoms with Crippen molar-refractivity contribution in [1.82, 2.24) is 25.4 Å². The monoisotopic (exact) mass is 409 g/mol. The third kappa shape index (κ3) is 5.92. The molecule has 29 heavy (non-hydrogen) atoms. The number of thioether (sulfide) groups is 1. The third-order valence-corrected chi connectivity index (χ3v) is 5.24. The van der Waals surface area contributed by atoms with E-state index in [2.05, 4.69) is 26.9 Å². The predicted octanol–water partition coefficient (Wildman–Crippen LogP) is 3.30. The molecule has 1 aromatic heterocycles. The van der Waals surface area contributed by atoms with Crippen LogP contribution >= 0.6 is 11.8 Å². The minimum atomic E-state index is -0.496. The molecule has 1 heterocycles. The van der Waals surface area contributed by atoms with Crippen LogP contribution in [0.15, 0.2) is 59.8 Å². The fourth-order valence-corrected chi connectivity index (χ4v) is 3.57. The van der Waals surface area contributed by atoms with Gasteiger partial charge in [0.05, 0.1) is 0 Å². The number of hydrogen-bond acceptors (Lipinski definition) is 5. The molecular weight excluding hydrogens is 386 g/mol. The Bertz CT molecular complexity index is 988. The number of carbonyl (C=O) groups is 2. The lowest BCUT2D eigenvalue weighted by Gasteiger charge is -2.07. The molecule has 0 atom stereocenters. The van der Waals surface area contributed by atoms with Crippen molar-refractivity contribution in [3.8, 4) is 11.4 Å². The van der Waals surface area contributed by atoms with E-state index >= 15 is 0 Å². The van der Waals surface area contributed by atoms with Crippen molar-refractivity contribution >= 4 is 23.7 Å². The number of urea groups is 1. The molecule has 0 unspecified atom stereocenters. The summed E-state index contributed by atoms with van der Waals surface area (Å²) in [5.74, 6) is 0.947. The number of nitrogens with one attached hydrogen (secondary N) is 2. The maximum absolute atomic E-state index is 12.0. The number of carbonyl (C=O) groups excluding carboxylic acids is 2. The molecule has 8 heteroatoms. The lowest BCUT2D eigenvalue weighted by molar-refractivity contribution is -0.119. The Kier molecular flexibility index (Phi) is 7.02. The molecule has 0 bridgehead atoms. The van der Waals surface area contributed by atoms with Gasteiger partial charge in [0.1, 0.15) is 0 Å². The van der Waals surface area contributed by atoms with E-state index in [1.807, 2.05) is 67.1 Å². The minimum Gasteiger partial charge on any atom is -0.334 e. The summed E-state index contributed by atoms with van der Waals surface area (Å²) in [6.07, 6.45) is 0.204. The second-order valence-electron chi connectivity index (χ2n) is 6.55. The average molecular weight is 410 g/mol. The smallest absolute Gasteiger partial charge is 0.321 e. The highest BCUT2D eigenvalue weighted by Gasteiger charge is 2.13. The molecule has 0 fully saturated rings. The fraction of sp³-hybridized carbons (Fsp3) is 0.238. The van der Waals surface area contributed by atoms with Crippen LogP contribution in [-0.4, -0.2) is 32.5 Å². The molecule has 3 rings (SSSR count). The predicted molar refractivity (Wildman–Crippen MR) is 113 cm³/mol. The summed E-state index contributed by atoms with van der Waals surface area (Å²) in [6.45, 7) is 2.40. The van der Waals surface area contributed by atoms with E-state index in [4.69, 9.17) is 0 Å². The number of amides is 3. The first kappa shape index (κ1) is 20.6. The lowest BCUT2D eigenvalue weighted by atomic mass is 10.1. The quantitative estimate of drug-likeness (QED) is 0.585. The number of benzene rings is 2. The highest BCUT2D eigenvalue weighted by molar-refractivity contribution is 7.99. The highest BCUT2D eigenvalue weighted by Crippen LogP contribution is 2.23. The van der Waals surface area contributed by atoms with Crippen molar-refractivity contribution in [2.75, 3.05) is 5.75 Å². The normalized spacial score (nSPS) is 10.6. The molecule has 0 aliphatic rings. The topological polar surface area (TPSA) is 88.9 Å². The van der Waals surface area contributed by atoms with Crippen LogP contribution in [0.25, 0.3) is 11.4 Å². The Labute approximate surface area is 173 Å². The van der Waals surface area contributed by atoms with Gasteiger partial charge in [0.2, 0.25) is 5.91 Å². The SMILES string of the molecule is Cc1cccc(-c2nnc(SCCC(=O)NC(=O)NCc3ccccc3)n2C)c1. The molecule has 0 aliphatic heterocycles. The Morgan fingerprint density at radius 1 is 1.07 bits per heavy atom. The Morgan fingerprint density at radius 2 is 1.86 bits per heavy atom. The molecule has 0 saturated carbocycles. The van der Waals surface area contributed by atoms with Gasteiger partial charge < -0.3 is 9.88 Å². The van der Waals surface area contributed by atoms with E-state index in [0.717, 1.165) is 27.7 Å². The van der Waals surface area contributed by atoms with Crippen LogP contribution in [-0.2, 0) is 18.4 Å². The number of hydrogen-bond donors (Lipinski definition) is 2. The van der Waals surface area contributed by atoms with Gasteiger partial charge in [-0.25, -0.2) is 4.79 Å². The molecule has 0 aliphatic carbocycles. The number of imide groups is 1. The van der Waals surface area contributed by atoms with Crippen LogP contribution in [0.1, 0.15) is 17.5 Å². The van der Waals surface area contributed by atoms with Gasteiger partial charge in [-0.1, -0.05) is 65.9 Å². The summed E-state index contributed by atoms with van der Waals surface area (Å²) in [5.41, 5.74) is 3.12. The Hall–Kier alpha value is -3.13. The van der Waals surface area contributed by atoms with Crippen LogP contribution in [0.5, 0.6) is 0 Å². The summed E-state index contributed by atoms with van der Waals surface area (Å²) in [4.78, 5) is 23.8.